The summed E-state index contributed by atoms with van der Waals surface area (Å²) in [5, 5.41) is 7.13. The first-order valence-electron chi connectivity index (χ1n) is 8.53. The van der Waals surface area contributed by atoms with Crippen LogP contribution < -0.4 is 10.6 Å². The molecule has 3 heterocycles. The molecule has 4 rings (SSSR count). The number of benzene rings is 1. The van der Waals surface area contributed by atoms with Crippen molar-refractivity contribution in [1.29, 1.82) is 0 Å². The Balaban J connectivity index is 1.50. The molecule has 0 aliphatic heterocycles. The fourth-order valence-corrected chi connectivity index (χ4v) is 2.76. The SMILES string of the molecule is O=C(Nc1cccc2cccnc12)c1ccnc(NCc2ccncc2)c1. The van der Waals surface area contributed by atoms with Gasteiger partial charge in [-0.3, -0.25) is 14.8 Å². The van der Waals surface area contributed by atoms with E-state index in [1.807, 2.05) is 42.5 Å². The summed E-state index contributed by atoms with van der Waals surface area (Å²) in [5.74, 6) is 0.429. The summed E-state index contributed by atoms with van der Waals surface area (Å²) in [5.41, 5.74) is 3.05. The van der Waals surface area contributed by atoms with Crippen molar-refractivity contribution in [1.82, 2.24) is 15.0 Å². The van der Waals surface area contributed by atoms with Crippen LogP contribution >= 0.6 is 0 Å². The Morgan fingerprint density at radius 2 is 1.74 bits per heavy atom. The van der Waals surface area contributed by atoms with Gasteiger partial charge in [0.25, 0.3) is 5.91 Å². The zero-order valence-corrected chi connectivity index (χ0v) is 14.5. The summed E-state index contributed by atoms with van der Waals surface area (Å²) < 4.78 is 0. The molecule has 1 aromatic carbocycles. The number of rotatable bonds is 5. The largest absolute Gasteiger partial charge is 0.366 e. The third-order valence-corrected chi connectivity index (χ3v) is 4.13. The predicted octanol–water partition coefficient (Wildman–Crippen LogP) is 3.89. The van der Waals surface area contributed by atoms with Gasteiger partial charge in [-0.25, -0.2) is 4.98 Å². The van der Waals surface area contributed by atoms with Gasteiger partial charge in [0.05, 0.1) is 11.2 Å². The Hall–Kier alpha value is -3.80. The lowest BCUT2D eigenvalue weighted by molar-refractivity contribution is 0.102. The summed E-state index contributed by atoms with van der Waals surface area (Å²) in [6, 6.07) is 16.8. The zero-order valence-electron chi connectivity index (χ0n) is 14.5. The Morgan fingerprint density at radius 3 is 2.63 bits per heavy atom. The quantitative estimate of drug-likeness (QED) is 0.568. The van der Waals surface area contributed by atoms with Gasteiger partial charge in [0.1, 0.15) is 5.82 Å². The van der Waals surface area contributed by atoms with Crippen molar-refractivity contribution < 1.29 is 4.79 Å². The number of nitrogens with zero attached hydrogens (tertiary/aromatic N) is 3. The van der Waals surface area contributed by atoms with Crippen molar-refractivity contribution in [3.63, 3.8) is 0 Å². The maximum Gasteiger partial charge on any atom is 0.255 e. The first-order chi connectivity index (χ1) is 13.3. The maximum atomic E-state index is 12.7. The van der Waals surface area contributed by atoms with Crippen molar-refractivity contribution in [2.75, 3.05) is 10.6 Å². The molecule has 2 N–H and O–H groups in total. The van der Waals surface area contributed by atoms with Crippen LogP contribution in [-0.4, -0.2) is 20.9 Å². The van der Waals surface area contributed by atoms with Gasteiger partial charge in [-0.15, -0.1) is 0 Å². The van der Waals surface area contributed by atoms with E-state index >= 15 is 0 Å². The highest BCUT2D eigenvalue weighted by atomic mass is 16.1. The van der Waals surface area contributed by atoms with E-state index in [0.717, 1.165) is 16.5 Å². The molecule has 0 spiro atoms. The van der Waals surface area contributed by atoms with Crippen LogP contribution in [0.25, 0.3) is 10.9 Å². The average Bonchev–Trinajstić information content (AvgIpc) is 2.73. The molecule has 3 aromatic heterocycles. The van der Waals surface area contributed by atoms with Gasteiger partial charge in [0.2, 0.25) is 0 Å². The van der Waals surface area contributed by atoms with Crippen molar-refractivity contribution in [3.8, 4) is 0 Å². The molecule has 0 saturated carbocycles. The normalized spacial score (nSPS) is 10.5. The highest BCUT2D eigenvalue weighted by molar-refractivity contribution is 6.08. The minimum Gasteiger partial charge on any atom is -0.366 e. The van der Waals surface area contributed by atoms with E-state index in [4.69, 9.17) is 0 Å². The van der Waals surface area contributed by atoms with Gasteiger partial charge < -0.3 is 10.6 Å². The Bertz CT molecular complexity index is 1080. The minimum atomic E-state index is -0.206. The summed E-state index contributed by atoms with van der Waals surface area (Å²) in [7, 11) is 0. The number of nitrogens with one attached hydrogen (secondary N) is 2. The highest BCUT2D eigenvalue weighted by Crippen LogP contribution is 2.21. The fourth-order valence-electron chi connectivity index (χ4n) is 2.76. The van der Waals surface area contributed by atoms with E-state index in [0.29, 0.717) is 23.6 Å². The molecule has 1 amide bonds. The van der Waals surface area contributed by atoms with Gasteiger partial charge in [0.15, 0.2) is 0 Å². The predicted molar refractivity (Wildman–Crippen MR) is 105 cm³/mol. The molecule has 0 bridgehead atoms. The monoisotopic (exact) mass is 355 g/mol. The molecule has 6 heteroatoms. The van der Waals surface area contributed by atoms with Crippen LogP contribution in [0, 0.1) is 0 Å². The molecule has 0 aliphatic rings. The van der Waals surface area contributed by atoms with Gasteiger partial charge in [0, 0.05) is 42.3 Å². The van der Waals surface area contributed by atoms with Crippen molar-refractivity contribution in [2.45, 2.75) is 6.54 Å². The summed E-state index contributed by atoms with van der Waals surface area (Å²) in [4.78, 5) is 25.3. The number of fused-ring (bicyclic) bond motifs is 1. The molecular weight excluding hydrogens is 338 g/mol. The average molecular weight is 355 g/mol. The van der Waals surface area contributed by atoms with Crippen molar-refractivity contribution in [2.24, 2.45) is 0 Å². The molecule has 27 heavy (non-hydrogen) atoms. The van der Waals surface area contributed by atoms with Crippen LogP contribution in [0.1, 0.15) is 15.9 Å². The van der Waals surface area contributed by atoms with Crippen LogP contribution in [0.2, 0.25) is 0 Å². The number of hydrogen-bond acceptors (Lipinski definition) is 5. The van der Waals surface area contributed by atoms with Gasteiger partial charge >= 0.3 is 0 Å². The Morgan fingerprint density at radius 1 is 0.889 bits per heavy atom. The topological polar surface area (TPSA) is 79.8 Å². The molecule has 6 nitrogen and oxygen atoms in total. The summed E-state index contributed by atoms with van der Waals surface area (Å²) in [6.07, 6.45) is 6.82. The smallest absolute Gasteiger partial charge is 0.255 e. The Kier molecular flexibility index (Phi) is 4.70. The number of aromatic nitrogens is 3. The van der Waals surface area contributed by atoms with Crippen LogP contribution in [0.3, 0.4) is 0 Å². The number of pyridine rings is 3. The van der Waals surface area contributed by atoms with E-state index in [9.17, 15) is 4.79 Å². The summed E-state index contributed by atoms with van der Waals surface area (Å²) in [6.45, 7) is 0.605. The molecule has 132 valence electrons. The molecule has 0 fully saturated rings. The molecule has 0 unspecified atom stereocenters. The van der Waals surface area contributed by atoms with Crippen LogP contribution in [0.5, 0.6) is 0 Å². The second-order valence-electron chi connectivity index (χ2n) is 5.97. The van der Waals surface area contributed by atoms with E-state index in [-0.39, 0.29) is 5.91 Å². The van der Waals surface area contributed by atoms with Crippen LogP contribution in [0.15, 0.2) is 79.4 Å². The van der Waals surface area contributed by atoms with Gasteiger partial charge in [-0.05, 0) is 42.0 Å². The number of para-hydroxylation sites is 1. The Labute approximate surface area is 156 Å². The van der Waals surface area contributed by atoms with Crippen molar-refractivity contribution in [3.05, 3.63) is 90.5 Å². The van der Waals surface area contributed by atoms with E-state index < -0.39 is 0 Å². The van der Waals surface area contributed by atoms with Gasteiger partial charge in [-0.1, -0.05) is 18.2 Å². The van der Waals surface area contributed by atoms with Crippen LogP contribution in [-0.2, 0) is 6.54 Å². The van der Waals surface area contributed by atoms with Crippen molar-refractivity contribution >= 4 is 28.3 Å². The minimum absolute atomic E-state index is 0.206. The molecule has 0 saturated heterocycles. The molecule has 0 radical (unpaired) electrons. The second kappa shape index (κ2) is 7.61. The highest BCUT2D eigenvalue weighted by Gasteiger charge is 2.10. The molecule has 4 aromatic rings. The lowest BCUT2D eigenvalue weighted by Gasteiger charge is -2.10. The molecular formula is C21H17N5O. The van der Waals surface area contributed by atoms with E-state index in [1.165, 1.54) is 0 Å². The lowest BCUT2D eigenvalue weighted by atomic mass is 10.1. The van der Waals surface area contributed by atoms with E-state index in [1.54, 1.807) is 36.9 Å². The maximum absolute atomic E-state index is 12.7. The third-order valence-electron chi connectivity index (χ3n) is 4.13. The fraction of sp³-hybridized carbons (Fsp3) is 0.0476. The lowest BCUT2D eigenvalue weighted by Crippen LogP contribution is -2.13. The van der Waals surface area contributed by atoms with Crippen LogP contribution in [0.4, 0.5) is 11.5 Å². The molecule has 0 aliphatic carbocycles. The zero-order chi connectivity index (χ0) is 18.5. The number of amides is 1. The number of carbonyl (C=O) groups is 1. The number of carbonyl (C=O) groups excluding carboxylic acids is 1. The first kappa shape index (κ1) is 16.7. The van der Waals surface area contributed by atoms with Gasteiger partial charge in [-0.2, -0.15) is 0 Å². The first-order valence-corrected chi connectivity index (χ1v) is 8.53. The third kappa shape index (κ3) is 3.90. The number of anilines is 2. The molecule has 0 atom stereocenters. The number of hydrogen-bond donors (Lipinski definition) is 2. The second-order valence-corrected chi connectivity index (χ2v) is 5.97. The van der Waals surface area contributed by atoms with E-state index in [2.05, 4.69) is 25.6 Å². The summed E-state index contributed by atoms with van der Waals surface area (Å²) >= 11 is 0. The standard InChI is InChI=1S/C21H17N5O/c27-21(26-18-5-1-3-16-4-2-9-24-20(16)18)17-8-12-23-19(13-17)25-14-15-6-10-22-11-7-15/h1-13H,14H2,(H,23,25)(H,26,27).